The van der Waals surface area contributed by atoms with Gasteiger partial charge in [-0.25, -0.2) is 0 Å². The van der Waals surface area contributed by atoms with Gasteiger partial charge in [0, 0.05) is 30.4 Å². The summed E-state index contributed by atoms with van der Waals surface area (Å²) in [5.74, 6) is 0.0306. The van der Waals surface area contributed by atoms with Gasteiger partial charge in [0.05, 0.1) is 17.8 Å². The van der Waals surface area contributed by atoms with E-state index in [0.29, 0.717) is 31.9 Å². The molecular weight excluding hydrogens is 346 g/mol. The predicted molar refractivity (Wildman–Crippen MR) is 92.5 cm³/mol. The van der Waals surface area contributed by atoms with Crippen molar-refractivity contribution in [1.29, 1.82) is 0 Å². The third-order valence-electron chi connectivity index (χ3n) is 4.95. The quantitative estimate of drug-likeness (QED) is 0.801. The van der Waals surface area contributed by atoms with E-state index in [2.05, 4.69) is 14.5 Å². The first-order valence-electron chi connectivity index (χ1n) is 7.69. The number of anilines is 1. The third kappa shape index (κ3) is 2.52. The Morgan fingerprint density at radius 3 is 2.92 bits per heavy atom. The van der Waals surface area contributed by atoms with Gasteiger partial charge in [-0.1, -0.05) is 4.49 Å². The Morgan fingerprint density at radius 2 is 2.21 bits per heavy atom. The van der Waals surface area contributed by atoms with Crippen molar-refractivity contribution in [3.8, 4) is 0 Å². The van der Waals surface area contributed by atoms with Crippen LogP contribution in [-0.2, 0) is 4.79 Å². The Hall–Kier alpha value is -1.84. The van der Waals surface area contributed by atoms with Gasteiger partial charge in [0.15, 0.2) is 5.69 Å². The highest BCUT2D eigenvalue weighted by molar-refractivity contribution is 7.08. The summed E-state index contributed by atoms with van der Waals surface area (Å²) in [6, 6.07) is 1.97. The SMILES string of the molecule is CN1CC(=O)N(c2ccsc2)CC12CCN(C(=O)c1csnn1)C2. The van der Waals surface area contributed by atoms with Crippen LogP contribution in [0.2, 0.25) is 0 Å². The van der Waals surface area contributed by atoms with E-state index in [1.807, 2.05) is 33.7 Å². The zero-order valence-electron chi connectivity index (χ0n) is 13.2. The molecule has 2 saturated heterocycles. The van der Waals surface area contributed by atoms with Crippen molar-refractivity contribution in [3.63, 3.8) is 0 Å². The van der Waals surface area contributed by atoms with Crippen LogP contribution in [0, 0.1) is 0 Å². The maximum Gasteiger partial charge on any atom is 0.275 e. The lowest BCUT2D eigenvalue weighted by molar-refractivity contribution is -0.123. The lowest BCUT2D eigenvalue weighted by Crippen LogP contribution is -2.64. The zero-order valence-corrected chi connectivity index (χ0v) is 14.8. The van der Waals surface area contributed by atoms with Crippen LogP contribution in [0.15, 0.2) is 22.2 Å². The summed E-state index contributed by atoms with van der Waals surface area (Å²) in [6.45, 7) is 2.26. The Bertz CT molecular complexity index is 748. The number of amides is 2. The molecule has 9 heteroatoms. The van der Waals surface area contributed by atoms with E-state index >= 15 is 0 Å². The minimum Gasteiger partial charge on any atom is -0.335 e. The second kappa shape index (κ2) is 5.91. The molecule has 2 amide bonds. The van der Waals surface area contributed by atoms with Crippen LogP contribution in [0.1, 0.15) is 16.9 Å². The maximum absolute atomic E-state index is 12.5. The molecule has 126 valence electrons. The number of carbonyl (C=O) groups is 2. The first-order chi connectivity index (χ1) is 11.6. The average Bonchev–Trinajstić information content (AvgIpc) is 3.32. The van der Waals surface area contributed by atoms with Gasteiger partial charge in [-0.15, -0.1) is 5.10 Å². The largest absolute Gasteiger partial charge is 0.335 e. The minimum absolute atomic E-state index is 0.0759. The van der Waals surface area contributed by atoms with Gasteiger partial charge in [0.25, 0.3) is 5.91 Å². The van der Waals surface area contributed by atoms with E-state index in [1.165, 1.54) is 11.5 Å². The molecule has 24 heavy (non-hydrogen) atoms. The third-order valence-corrected chi connectivity index (χ3v) is 6.13. The summed E-state index contributed by atoms with van der Waals surface area (Å²) in [4.78, 5) is 30.8. The molecule has 0 N–H and O–H groups in total. The highest BCUT2D eigenvalue weighted by Crippen LogP contribution is 2.34. The zero-order chi connectivity index (χ0) is 16.7. The summed E-state index contributed by atoms with van der Waals surface area (Å²) in [6.07, 6.45) is 0.848. The molecule has 4 heterocycles. The van der Waals surface area contributed by atoms with E-state index < -0.39 is 0 Å². The first-order valence-corrected chi connectivity index (χ1v) is 9.47. The van der Waals surface area contributed by atoms with Gasteiger partial charge < -0.3 is 9.80 Å². The van der Waals surface area contributed by atoms with Crippen LogP contribution in [0.25, 0.3) is 0 Å². The Balaban J connectivity index is 1.56. The van der Waals surface area contributed by atoms with Gasteiger partial charge in [0.1, 0.15) is 0 Å². The van der Waals surface area contributed by atoms with Crippen LogP contribution >= 0.6 is 22.9 Å². The average molecular weight is 363 g/mol. The monoisotopic (exact) mass is 363 g/mol. The lowest BCUT2D eigenvalue weighted by Gasteiger charge is -2.46. The molecule has 1 atom stereocenters. The summed E-state index contributed by atoms with van der Waals surface area (Å²) < 4.78 is 3.77. The number of nitrogens with zero attached hydrogens (tertiary/aromatic N) is 5. The summed E-state index contributed by atoms with van der Waals surface area (Å²) in [5.41, 5.74) is 1.15. The molecule has 2 fully saturated rings. The number of hydrogen-bond acceptors (Lipinski definition) is 7. The van der Waals surface area contributed by atoms with E-state index in [9.17, 15) is 9.59 Å². The van der Waals surface area contributed by atoms with Crippen LogP contribution in [0.4, 0.5) is 5.69 Å². The molecule has 2 aromatic rings. The van der Waals surface area contributed by atoms with E-state index in [4.69, 9.17) is 0 Å². The second-order valence-corrected chi connectivity index (χ2v) is 7.70. The number of carbonyl (C=O) groups excluding carboxylic acids is 2. The van der Waals surface area contributed by atoms with Crippen molar-refractivity contribution in [2.24, 2.45) is 0 Å². The molecular formula is C15H17N5O2S2. The van der Waals surface area contributed by atoms with Crippen LogP contribution in [0.5, 0.6) is 0 Å². The standard InChI is InChI=1S/C15H17N5O2S2/c1-18-6-13(21)20(11-2-5-23-7-11)10-15(18)3-4-19(9-15)14(22)12-8-24-17-16-12/h2,5,7-8H,3-4,6,9-10H2,1H3. The number of hydrogen-bond donors (Lipinski definition) is 0. The fraction of sp³-hybridized carbons (Fsp3) is 0.467. The molecule has 2 aliphatic rings. The summed E-state index contributed by atoms with van der Waals surface area (Å²) in [5, 5.41) is 9.54. The van der Waals surface area contributed by atoms with Crippen molar-refractivity contribution in [3.05, 3.63) is 27.9 Å². The molecule has 0 aliphatic carbocycles. The molecule has 1 spiro atoms. The molecule has 0 saturated carbocycles. The van der Waals surface area contributed by atoms with Crippen molar-refractivity contribution in [2.75, 3.05) is 38.1 Å². The number of aromatic nitrogens is 2. The summed E-state index contributed by atoms with van der Waals surface area (Å²) in [7, 11) is 1.97. The fourth-order valence-corrected chi connectivity index (χ4v) is 4.57. The van der Waals surface area contributed by atoms with E-state index in [-0.39, 0.29) is 17.4 Å². The molecule has 0 aromatic carbocycles. The smallest absolute Gasteiger partial charge is 0.275 e. The Morgan fingerprint density at radius 1 is 1.33 bits per heavy atom. The number of rotatable bonds is 2. The number of piperazine rings is 1. The molecule has 2 aliphatic heterocycles. The predicted octanol–water partition coefficient (Wildman–Crippen LogP) is 1.16. The Kier molecular flexibility index (Phi) is 3.86. The highest BCUT2D eigenvalue weighted by atomic mass is 32.1. The first kappa shape index (κ1) is 15.7. The van der Waals surface area contributed by atoms with Crippen molar-refractivity contribution >= 4 is 40.4 Å². The van der Waals surface area contributed by atoms with Gasteiger partial charge >= 0.3 is 0 Å². The number of thiophene rings is 1. The van der Waals surface area contributed by atoms with Crippen LogP contribution in [0.3, 0.4) is 0 Å². The molecule has 0 radical (unpaired) electrons. The van der Waals surface area contributed by atoms with Crippen molar-refractivity contribution < 1.29 is 9.59 Å². The summed E-state index contributed by atoms with van der Waals surface area (Å²) >= 11 is 2.77. The highest BCUT2D eigenvalue weighted by Gasteiger charge is 2.49. The fourth-order valence-electron chi connectivity index (χ4n) is 3.50. The lowest BCUT2D eigenvalue weighted by atomic mass is 9.93. The van der Waals surface area contributed by atoms with Gasteiger partial charge in [-0.05, 0) is 36.4 Å². The number of likely N-dealkylation sites (tertiary alicyclic amines) is 1. The van der Waals surface area contributed by atoms with Crippen molar-refractivity contribution in [2.45, 2.75) is 12.0 Å². The molecule has 4 rings (SSSR count). The molecule has 2 aromatic heterocycles. The van der Waals surface area contributed by atoms with E-state index in [1.54, 1.807) is 16.7 Å². The molecule has 1 unspecified atom stereocenters. The molecule has 7 nitrogen and oxygen atoms in total. The number of likely N-dealkylation sites (N-methyl/N-ethyl adjacent to an activating group) is 1. The Labute approximate surface area is 147 Å². The second-order valence-electron chi connectivity index (χ2n) is 6.31. The van der Waals surface area contributed by atoms with Crippen LogP contribution < -0.4 is 4.90 Å². The van der Waals surface area contributed by atoms with E-state index in [0.717, 1.165) is 12.1 Å². The topological polar surface area (TPSA) is 69.6 Å². The van der Waals surface area contributed by atoms with Crippen LogP contribution in [-0.4, -0.2) is 70.0 Å². The molecule has 0 bridgehead atoms. The maximum atomic E-state index is 12.5. The van der Waals surface area contributed by atoms with Gasteiger partial charge in [-0.3, -0.25) is 14.5 Å². The normalized spacial score (nSPS) is 25.0. The van der Waals surface area contributed by atoms with Gasteiger partial charge in [0.2, 0.25) is 5.91 Å². The minimum atomic E-state index is -0.199. The van der Waals surface area contributed by atoms with Crippen molar-refractivity contribution in [1.82, 2.24) is 19.4 Å². The van der Waals surface area contributed by atoms with Gasteiger partial charge in [-0.2, -0.15) is 11.3 Å².